The van der Waals surface area contributed by atoms with Crippen LogP contribution >= 0.6 is 0 Å². The number of aryl methyl sites for hydroxylation is 1. The van der Waals surface area contributed by atoms with Gasteiger partial charge in [-0.2, -0.15) is 26.3 Å². The van der Waals surface area contributed by atoms with Crippen LogP contribution in [0.4, 0.5) is 26.3 Å². The molecule has 0 heterocycles. The molecule has 1 rings (SSSR count). The fourth-order valence-electron chi connectivity index (χ4n) is 3.16. The SMILES string of the molecule is CCCCCCCCC(C)(C)CCc1cc(C(F)(F)F)cc(C(F)(F)F)c1. The van der Waals surface area contributed by atoms with E-state index in [-0.39, 0.29) is 23.5 Å². The minimum absolute atomic E-state index is 0.0909. The third-order valence-electron chi connectivity index (χ3n) is 4.95. The summed E-state index contributed by atoms with van der Waals surface area (Å²) in [6.07, 6.45) is -0.955. The fourth-order valence-corrected chi connectivity index (χ4v) is 3.16. The highest BCUT2D eigenvalue weighted by Crippen LogP contribution is 2.37. The van der Waals surface area contributed by atoms with Gasteiger partial charge in [0, 0.05) is 0 Å². The molecule has 0 amide bonds. The zero-order valence-electron chi connectivity index (χ0n) is 16.4. The van der Waals surface area contributed by atoms with Crippen molar-refractivity contribution in [1.82, 2.24) is 0 Å². The molecule has 0 saturated carbocycles. The van der Waals surface area contributed by atoms with Gasteiger partial charge in [-0.3, -0.25) is 0 Å². The summed E-state index contributed by atoms with van der Waals surface area (Å²) in [7, 11) is 0. The molecule has 0 atom stereocenters. The molecule has 156 valence electrons. The van der Waals surface area contributed by atoms with Crippen LogP contribution in [0.5, 0.6) is 0 Å². The first-order valence-electron chi connectivity index (χ1n) is 9.63. The Morgan fingerprint density at radius 2 is 1.15 bits per heavy atom. The zero-order valence-corrected chi connectivity index (χ0v) is 16.4. The van der Waals surface area contributed by atoms with Crippen LogP contribution in [0.15, 0.2) is 18.2 Å². The number of halogens is 6. The molecule has 0 aliphatic carbocycles. The summed E-state index contributed by atoms with van der Waals surface area (Å²) in [4.78, 5) is 0. The monoisotopic (exact) mass is 396 g/mol. The van der Waals surface area contributed by atoms with Crippen molar-refractivity contribution in [3.8, 4) is 0 Å². The first-order valence-corrected chi connectivity index (χ1v) is 9.63. The van der Waals surface area contributed by atoms with E-state index in [0.717, 1.165) is 31.4 Å². The van der Waals surface area contributed by atoms with Gasteiger partial charge < -0.3 is 0 Å². The van der Waals surface area contributed by atoms with Crippen LogP contribution in [0, 0.1) is 5.41 Å². The van der Waals surface area contributed by atoms with E-state index < -0.39 is 23.5 Å². The second-order valence-electron chi connectivity index (χ2n) is 8.10. The molecule has 0 aliphatic rings. The smallest absolute Gasteiger partial charge is 0.166 e. The summed E-state index contributed by atoms with van der Waals surface area (Å²) >= 11 is 0. The maximum atomic E-state index is 12.9. The van der Waals surface area contributed by atoms with E-state index in [1.165, 1.54) is 25.7 Å². The molecular weight excluding hydrogens is 366 g/mol. The van der Waals surface area contributed by atoms with E-state index in [9.17, 15) is 26.3 Å². The Labute approximate surface area is 158 Å². The predicted octanol–water partition coefficient (Wildman–Crippen LogP) is 8.43. The Morgan fingerprint density at radius 1 is 0.667 bits per heavy atom. The molecule has 6 heteroatoms. The van der Waals surface area contributed by atoms with E-state index in [1.807, 2.05) is 13.8 Å². The lowest BCUT2D eigenvalue weighted by Crippen LogP contribution is -2.15. The first kappa shape index (κ1) is 23.8. The van der Waals surface area contributed by atoms with Gasteiger partial charge in [0.15, 0.2) is 0 Å². The van der Waals surface area contributed by atoms with Crippen molar-refractivity contribution in [2.24, 2.45) is 5.41 Å². The molecule has 1 aromatic rings. The molecule has 0 aliphatic heterocycles. The Balaban J connectivity index is 2.71. The Hall–Kier alpha value is -1.20. The quantitative estimate of drug-likeness (QED) is 0.275. The lowest BCUT2D eigenvalue weighted by molar-refractivity contribution is -0.143. The number of unbranched alkanes of at least 4 members (excludes halogenated alkanes) is 5. The van der Waals surface area contributed by atoms with E-state index >= 15 is 0 Å². The van der Waals surface area contributed by atoms with Crippen LogP contribution in [0.3, 0.4) is 0 Å². The van der Waals surface area contributed by atoms with Crippen LogP contribution < -0.4 is 0 Å². The van der Waals surface area contributed by atoms with Crippen LogP contribution in [0.2, 0.25) is 0 Å². The Morgan fingerprint density at radius 3 is 1.63 bits per heavy atom. The van der Waals surface area contributed by atoms with Gasteiger partial charge in [-0.05, 0) is 48.4 Å². The van der Waals surface area contributed by atoms with Gasteiger partial charge in [-0.25, -0.2) is 0 Å². The van der Waals surface area contributed by atoms with Crippen molar-refractivity contribution in [3.63, 3.8) is 0 Å². The van der Waals surface area contributed by atoms with E-state index in [4.69, 9.17) is 0 Å². The van der Waals surface area contributed by atoms with Crippen molar-refractivity contribution in [3.05, 3.63) is 34.9 Å². The molecule has 1 aromatic carbocycles. The average Bonchev–Trinajstić information content (AvgIpc) is 2.54. The summed E-state index contributed by atoms with van der Waals surface area (Å²) in [5.41, 5.74) is -2.49. The molecule has 0 spiro atoms. The topological polar surface area (TPSA) is 0 Å². The van der Waals surface area contributed by atoms with Crippen LogP contribution in [0.25, 0.3) is 0 Å². The minimum atomic E-state index is -4.79. The second kappa shape index (κ2) is 9.83. The van der Waals surface area contributed by atoms with Gasteiger partial charge >= 0.3 is 12.4 Å². The number of hydrogen-bond donors (Lipinski definition) is 0. The van der Waals surface area contributed by atoms with Gasteiger partial charge in [-0.1, -0.05) is 59.3 Å². The Bertz CT molecular complexity index is 537. The summed E-state index contributed by atoms with van der Waals surface area (Å²) in [6.45, 7) is 6.20. The first-order chi connectivity index (χ1) is 12.3. The van der Waals surface area contributed by atoms with Crippen molar-refractivity contribution in [2.75, 3.05) is 0 Å². The maximum Gasteiger partial charge on any atom is 0.416 e. The summed E-state index contributed by atoms with van der Waals surface area (Å²) in [5, 5.41) is 0. The van der Waals surface area contributed by atoms with E-state index in [0.29, 0.717) is 6.42 Å². The normalized spacial score (nSPS) is 13.2. The van der Waals surface area contributed by atoms with Crippen molar-refractivity contribution in [2.45, 2.75) is 90.9 Å². The molecule has 0 nitrogen and oxygen atoms in total. The van der Waals surface area contributed by atoms with Gasteiger partial charge in [0.25, 0.3) is 0 Å². The highest BCUT2D eigenvalue weighted by Gasteiger charge is 2.36. The van der Waals surface area contributed by atoms with Crippen LogP contribution in [-0.2, 0) is 18.8 Å². The van der Waals surface area contributed by atoms with E-state index in [1.54, 1.807) is 0 Å². The molecule has 27 heavy (non-hydrogen) atoms. The largest absolute Gasteiger partial charge is 0.416 e. The Kier molecular flexibility index (Phi) is 8.68. The molecule has 0 fully saturated rings. The number of rotatable bonds is 10. The molecule has 0 bridgehead atoms. The third-order valence-corrected chi connectivity index (χ3v) is 4.95. The predicted molar refractivity (Wildman–Crippen MR) is 96.5 cm³/mol. The highest BCUT2D eigenvalue weighted by atomic mass is 19.4. The van der Waals surface area contributed by atoms with Crippen molar-refractivity contribution in [1.29, 1.82) is 0 Å². The molecular formula is C21H30F6. The molecule has 0 radical (unpaired) electrons. The minimum Gasteiger partial charge on any atom is -0.166 e. The molecule has 0 unspecified atom stereocenters. The molecule has 0 saturated heterocycles. The molecule has 0 aromatic heterocycles. The summed E-state index contributed by atoms with van der Waals surface area (Å²) in [6, 6.07) is 1.87. The highest BCUT2D eigenvalue weighted by molar-refractivity contribution is 5.33. The number of alkyl halides is 6. The van der Waals surface area contributed by atoms with Crippen molar-refractivity contribution < 1.29 is 26.3 Å². The number of benzene rings is 1. The van der Waals surface area contributed by atoms with Crippen molar-refractivity contribution >= 4 is 0 Å². The van der Waals surface area contributed by atoms with E-state index in [2.05, 4.69) is 6.92 Å². The van der Waals surface area contributed by atoms with Gasteiger partial charge in [0.2, 0.25) is 0 Å². The zero-order chi connectivity index (χ0) is 20.7. The van der Waals surface area contributed by atoms with Gasteiger partial charge in [0.1, 0.15) is 0 Å². The lowest BCUT2D eigenvalue weighted by atomic mass is 9.81. The average molecular weight is 396 g/mol. The standard InChI is InChI=1S/C21H30F6/c1-4-5-6-7-8-9-11-19(2,3)12-10-16-13-17(20(22,23)24)15-18(14-16)21(25,26)27/h13-15H,4-12H2,1-3H3. The fraction of sp³-hybridized carbons (Fsp3) is 0.714. The lowest BCUT2D eigenvalue weighted by Gasteiger charge is -2.25. The third kappa shape index (κ3) is 9.02. The van der Waals surface area contributed by atoms with Crippen LogP contribution in [-0.4, -0.2) is 0 Å². The second-order valence-corrected chi connectivity index (χ2v) is 8.10. The number of hydrogen-bond acceptors (Lipinski definition) is 0. The van der Waals surface area contributed by atoms with Gasteiger partial charge in [0.05, 0.1) is 11.1 Å². The van der Waals surface area contributed by atoms with Crippen LogP contribution in [0.1, 0.15) is 88.8 Å². The maximum absolute atomic E-state index is 12.9. The summed E-state index contributed by atoms with van der Waals surface area (Å²) in [5.74, 6) is 0. The van der Waals surface area contributed by atoms with Gasteiger partial charge in [-0.15, -0.1) is 0 Å². The summed E-state index contributed by atoms with van der Waals surface area (Å²) < 4.78 is 77.6. The molecule has 0 N–H and O–H groups in total.